The largest absolute Gasteiger partial charge is 0.504 e. The van der Waals surface area contributed by atoms with Gasteiger partial charge < -0.3 is 5.11 Å². The summed E-state index contributed by atoms with van der Waals surface area (Å²) in [6.07, 6.45) is 0.578. The number of rotatable bonds is 4. The fraction of sp³-hybridized carbons (Fsp3) is 0.308. The molecular formula is C13H12ClNO4. The van der Waals surface area contributed by atoms with E-state index in [1.807, 2.05) is 0 Å². The van der Waals surface area contributed by atoms with Crippen LogP contribution in [0.1, 0.15) is 24.3 Å². The zero-order valence-corrected chi connectivity index (χ0v) is 10.8. The average Bonchev–Trinajstić information content (AvgIpc) is 2.68. The van der Waals surface area contributed by atoms with Gasteiger partial charge in [-0.1, -0.05) is 23.7 Å². The number of ketones is 1. The van der Waals surface area contributed by atoms with Crippen molar-refractivity contribution in [3.8, 4) is 0 Å². The summed E-state index contributed by atoms with van der Waals surface area (Å²) in [6, 6.07) is 6.63. The molecule has 1 aromatic rings. The van der Waals surface area contributed by atoms with Crippen LogP contribution in [0.25, 0.3) is 0 Å². The monoisotopic (exact) mass is 281 g/mol. The van der Waals surface area contributed by atoms with Crippen molar-refractivity contribution < 1.29 is 14.8 Å². The van der Waals surface area contributed by atoms with E-state index < -0.39 is 10.8 Å². The maximum atomic E-state index is 11.4. The summed E-state index contributed by atoms with van der Waals surface area (Å²) in [5, 5.41) is 21.1. The number of allylic oxidation sites excluding steroid dienone is 1. The zero-order chi connectivity index (χ0) is 14.0. The van der Waals surface area contributed by atoms with Crippen molar-refractivity contribution in [1.29, 1.82) is 0 Å². The third-order valence-electron chi connectivity index (χ3n) is 3.21. The minimum Gasteiger partial charge on any atom is -0.504 e. The first kappa shape index (κ1) is 13.5. The van der Waals surface area contributed by atoms with Gasteiger partial charge in [0.05, 0.1) is 5.92 Å². The molecule has 0 amide bonds. The number of aliphatic hydroxyl groups excluding tert-OH is 1. The van der Waals surface area contributed by atoms with Crippen LogP contribution in [0.4, 0.5) is 0 Å². The molecule has 0 heterocycles. The highest BCUT2D eigenvalue weighted by Crippen LogP contribution is 2.35. The molecule has 0 saturated heterocycles. The third-order valence-corrected chi connectivity index (χ3v) is 3.47. The minimum atomic E-state index is -0.585. The lowest BCUT2D eigenvalue weighted by molar-refractivity contribution is -0.482. The summed E-state index contributed by atoms with van der Waals surface area (Å²) in [5.74, 6) is -1.25. The molecule has 2 rings (SSSR count). The van der Waals surface area contributed by atoms with E-state index >= 15 is 0 Å². The van der Waals surface area contributed by atoms with Crippen LogP contribution in [0.15, 0.2) is 35.6 Å². The van der Waals surface area contributed by atoms with Crippen LogP contribution in [-0.4, -0.2) is 22.4 Å². The molecule has 1 aliphatic carbocycles. The van der Waals surface area contributed by atoms with Crippen molar-refractivity contribution in [3.63, 3.8) is 0 Å². The first-order valence-electron chi connectivity index (χ1n) is 5.81. The molecule has 19 heavy (non-hydrogen) atoms. The van der Waals surface area contributed by atoms with Crippen LogP contribution in [0, 0.1) is 10.1 Å². The summed E-state index contributed by atoms with van der Waals surface area (Å²) in [7, 11) is 0. The van der Waals surface area contributed by atoms with Gasteiger partial charge in [-0.25, -0.2) is 0 Å². The zero-order valence-electron chi connectivity index (χ0n) is 10.0. The Morgan fingerprint density at radius 3 is 2.42 bits per heavy atom. The van der Waals surface area contributed by atoms with E-state index in [-0.39, 0.29) is 24.5 Å². The minimum absolute atomic E-state index is 0.211. The van der Waals surface area contributed by atoms with E-state index in [2.05, 4.69) is 0 Å². The van der Waals surface area contributed by atoms with E-state index in [1.54, 1.807) is 24.3 Å². The molecular weight excluding hydrogens is 270 g/mol. The molecule has 0 radical (unpaired) electrons. The number of carbonyl (C=O) groups excluding carboxylic acids is 1. The van der Waals surface area contributed by atoms with E-state index in [0.717, 1.165) is 0 Å². The van der Waals surface area contributed by atoms with Crippen molar-refractivity contribution in [2.24, 2.45) is 0 Å². The van der Waals surface area contributed by atoms with Crippen LogP contribution in [-0.2, 0) is 4.79 Å². The van der Waals surface area contributed by atoms with Gasteiger partial charge in [0.15, 0.2) is 11.5 Å². The Labute approximate surface area is 114 Å². The standard InChI is InChI=1S/C13H12ClNO4/c14-9-3-1-8(2-4-9)11(7-15(18)19)10-5-6-12(16)13(10)17/h1-4,11,17H,5-7H2/t11-/m1/s1. The van der Waals surface area contributed by atoms with Crippen LogP contribution in [0.5, 0.6) is 0 Å². The van der Waals surface area contributed by atoms with Crippen molar-refractivity contribution in [1.82, 2.24) is 0 Å². The van der Waals surface area contributed by atoms with Gasteiger partial charge in [0, 0.05) is 16.4 Å². The lowest BCUT2D eigenvalue weighted by Crippen LogP contribution is -2.15. The number of Topliss-reactive ketones (excluding diaryl/α,β-unsaturated/α-hetero) is 1. The summed E-state index contributed by atoms with van der Waals surface area (Å²) < 4.78 is 0. The van der Waals surface area contributed by atoms with Crippen LogP contribution in [0.3, 0.4) is 0 Å². The van der Waals surface area contributed by atoms with Gasteiger partial charge in [-0.3, -0.25) is 14.9 Å². The Hall–Kier alpha value is -1.88. The van der Waals surface area contributed by atoms with Gasteiger partial charge in [-0.15, -0.1) is 0 Å². The van der Waals surface area contributed by atoms with Crippen LogP contribution >= 0.6 is 11.6 Å². The SMILES string of the molecule is O=C1CCC([C@H](C[N+](=O)[O-])c2ccc(Cl)cc2)=C1O. The number of halogens is 1. The lowest BCUT2D eigenvalue weighted by Gasteiger charge is -2.15. The number of carbonyl (C=O) groups is 1. The second-order valence-electron chi connectivity index (χ2n) is 4.42. The molecule has 0 aromatic heterocycles. The number of nitro groups is 1. The smallest absolute Gasteiger partial charge is 0.214 e. The van der Waals surface area contributed by atoms with Crippen molar-refractivity contribution in [2.75, 3.05) is 6.54 Å². The summed E-state index contributed by atoms with van der Waals surface area (Å²) >= 11 is 5.78. The van der Waals surface area contributed by atoms with Crippen LogP contribution < -0.4 is 0 Å². The van der Waals surface area contributed by atoms with Crippen molar-refractivity contribution in [3.05, 3.63) is 56.3 Å². The topological polar surface area (TPSA) is 80.4 Å². The maximum absolute atomic E-state index is 11.4. The highest BCUT2D eigenvalue weighted by atomic mass is 35.5. The van der Waals surface area contributed by atoms with E-state index in [4.69, 9.17) is 11.6 Å². The van der Waals surface area contributed by atoms with Gasteiger partial charge in [-0.2, -0.15) is 0 Å². The van der Waals surface area contributed by atoms with Gasteiger partial charge >= 0.3 is 0 Å². The summed E-state index contributed by atoms with van der Waals surface area (Å²) in [5.41, 5.74) is 1.13. The summed E-state index contributed by atoms with van der Waals surface area (Å²) in [6.45, 7) is -0.353. The molecule has 0 aliphatic heterocycles. The average molecular weight is 282 g/mol. The van der Waals surface area contributed by atoms with Gasteiger partial charge in [-0.05, 0) is 29.7 Å². The Morgan fingerprint density at radius 1 is 1.32 bits per heavy atom. The molecule has 1 aromatic carbocycles. The molecule has 0 saturated carbocycles. The second-order valence-corrected chi connectivity index (χ2v) is 4.85. The molecule has 1 atom stereocenters. The molecule has 0 bridgehead atoms. The van der Waals surface area contributed by atoms with Crippen molar-refractivity contribution >= 4 is 17.4 Å². The fourth-order valence-electron chi connectivity index (χ4n) is 2.26. The number of hydrogen-bond acceptors (Lipinski definition) is 4. The molecule has 0 unspecified atom stereocenters. The van der Waals surface area contributed by atoms with Gasteiger partial charge in [0.2, 0.25) is 6.54 Å². The van der Waals surface area contributed by atoms with Gasteiger partial charge in [0.25, 0.3) is 0 Å². The number of hydrogen-bond donors (Lipinski definition) is 1. The first-order valence-corrected chi connectivity index (χ1v) is 6.19. The first-order chi connectivity index (χ1) is 8.99. The Balaban J connectivity index is 2.39. The highest BCUT2D eigenvalue weighted by molar-refractivity contribution is 6.30. The third kappa shape index (κ3) is 2.93. The predicted molar refractivity (Wildman–Crippen MR) is 70.0 cm³/mol. The fourth-order valence-corrected chi connectivity index (χ4v) is 2.39. The Morgan fingerprint density at radius 2 is 1.95 bits per heavy atom. The van der Waals surface area contributed by atoms with Crippen molar-refractivity contribution in [2.45, 2.75) is 18.8 Å². The van der Waals surface area contributed by atoms with Gasteiger partial charge in [0.1, 0.15) is 0 Å². The Bertz CT molecular complexity index is 550. The number of aliphatic hydroxyl groups is 1. The normalized spacial score (nSPS) is 16.8. The maximum Gasteiger partial charge on any atom is 0.214 e. The lowest BCUT2D eigenvalue weighted by atomic mass is 9.90. The van der Waals surface area contributed by atoms with Crippen LogP contribution in [0.2, 0.25) is 5.02 Å². The molecule has 0 fully saturated rings. The predicted octanol–water partition coefficient (Wildman–Crippen LogP) is 2.88. The molecule has 0 spiro atoms. The molecule has 1 aliphatic rings. The number of nitrogens with zero attached hydrogens (tertiary/aromatic N) is 1. The molecule has 5 nitrogen and oxygen atoms in total. The van der Waals surface area contributed by atoms with E-state index in [1.165, 1.54) is 0 Å². The number of benzene rings is 1. The Kier molecular flexibility index (Phi) is 3.85. The molecule has 1 N–H and O–H groups in total. The quantitative estimate of drug-likeness (QED) is 0.680. The van der Waals surface area contributed by atoms with E-state index in [9.17, 15) is 20.0 Å². The molecule has 6 heteroatoms. The molecule has 100 valence electrons. The summed E-state index contributed by atoms with van der Waals surface area (Å²) in [4.78, 5) is 21.7. The highest BCUT2D eigenvalue weighted by Gasteiger charge is 2.32. The van der Waals surface area contributed by atoms with E-state index in [0.29, 0.717) is 22.6 Å². The second kappa shape index (κ2) is 5.40.